The number of hydrogen-bond acceptors (Lipinski definition) is 3. The average molecular weight is 275 g/mol. The fourth-order valence-electron chi connectivity index (χ4n) is 1.53. The number of urea groups is 1. The molecule has 0 aliphatic heterocycles. The van der Waals surface area contributed by atoms with Crippen molar-refractivity contribution in [2.45, 2.75) is 26.4 Å². The fourth-order valence-corrected chi connectivity index (χ4v) is 1.53. The first-order valence-corrected chi connectivity index (χ1v) is 6.20. The van der Waals surface area contributed by atoms with Crippen LogP contribution in [-0.2, 0) is 11.3 Å². The minimum Gasteiger partial charge on any atom is -0.481 e. The molecule has 6 nitrogen and oxygen atoms in total. The van der Waals surface area contributed by atoms with Gasteiger partial charge in [0.2, 0.25) is 0 Å². The van der Waals surface area contributed by atoms with Crippen LogP contribution in [0.3, 0.4) is 0 Å². The van der Waals surface area contributed by atoms with Crippen LogP contribution < -0.4 is 10.6 Å². The third kappa shape index (κ3) is 4.61. The zero-order valence-electron chi connectivity index (χ0n) is 11.4. The third-order valence-electron chi connectivity index (χ3n) is 3.01. The van der Waals surface area contributed by atoms with Crippen molar-refractivity contribution in [3.8, 4) is 6.07 Å². The largest absolute Gasteiger partial charge is 0.481 e. The molecule has 2 atom stereocenters. The molecule has 0 fully saturated rings. The summed E-state index contributed by atoms with van der Waals surface area (Å²) in [5.41, 5.74) is 1.33. The molecule has 0 aromatic heterocycles. The zero-order chi connectivity index (χ0) is 15.1. The van der Waals surface area contributed by atoms with Crippen LogP contribution in [0.15, 0.2) is 24.3 Å². The van der Waals surface area contributed by atoms with Gasteiger partial charge in [0.15, 0.2) is 0 Å². The number of nitrogens with one attached hydrogen (secondary N) is 2. The summed E-state index contributed by atoms with van der Waals surface area (Å²) < 4.78 is 0. The van der Waals surface area contributed by atoms with Gasteiger partial charge in [-0.1, -0.05) is 12.1 Å². The normalized spacial score (nSPS) is 12.8. The predicted octanol–water partition coefficient (Wildman–Crippen LogP) is 1.47. The maximum Gasteiger partial charge on any atom is 0.315 e. The molecule has 20 heavy (non-hydrogen) atoms. The lowest BCUT2D eigenvalue weighted by Crippen LogP contribution is -2.45. The Labute approximate surface area is 117 Å². The molecule has 0 saturated carbocycles. The molecule has 1 rings (SSSR count). The smallest absolute Gasteiger partial charge is 0.315 e. The second-order valence-electron chi connectivity index (χ2n) is 4.55. The van der Waals surface area contributed by atoms with Gasteiger partial charge in [0.1, 0.15) is 0 Å². The van der Waals surface area contributed by atoms with E-state index in [0.29, 0.717) is 5.56 Å². The molecular weight excluding hydrogens is 258 g/mol. The number of carboxylic acids is 1. The van der Waals surface area contributed by atoms with E-state index in [4.69, 9.17) is 10.4 Å². The number of nitriles is 1. The van der Waals surface area contributed by atoms with Gasteiger partial charge in [0.05, 0.1) is 17.6 Å². The summed E-state index contributed by atoms with van der Waals surface area (Å²) in [6, 6.07) is 8.01. The van der Waals surface area contributed by atoms with Crippen molar-refractivity contribution >= 4 is 12.0 Å². The molecule has 0 heterocycles. The minimum absolute atomic E-state index is 0.273. The molecule has 0 spiro atoms. The van der Waals surface area contributed by atoms with Crippen LogP contribution in [0, 0.1) is 17.2 Å². The number of amides is 2. The van der Waals surface area contributed by atoms with E-state index in [0.717, 1.165) is 5.56 Å². The number of carboxylic acid groups (broad SMARTS) is 1. The van der Waals surface area contributed by atoms with Gasteiger partial charge in [-0.2, -0.15) is 5.26 Å². The number of rotatable bonds is 5. The van der Waals surface area contributed by atoms with Crippen LogP contribution in [0.5, 0.6) is 0 Å². The van der Waals surface area contributed by atoms with Crippen molar-refractivity contribution in [2.24, 2.45) is 5.92 Å². The summed E-state index contributed by atoms with van der Waals surface area (Å²) in [6.45, 7) is 3.44. The molecule has 6 heteroatoms. The van der Waals surface area contributed by atoms with Crippen molar-refractivity contribution in [3.05, 3.63) is 35.4 Å². The van der Waals surface area contributed by atoms with Crippen molar-refractivity contribution in [1.82, 2.24) is 10.6 Å². The summed E-state index contributed by atoms with van der Waals surface area (Å²) in [5.74, 6) is -1.62. The summed E-state index contributed by atoms with van der Waals surface area (Å²) in [7, 11) is 0. The van der Waals surface area contributed by atoms with Gasteiger partial charge in [-0.05, 0) is 31.5 Å². The van der Waals surface area contributed by atoms with Crippen LogP contribution >= 0.6 is 0 Å². The molecule has 1 aromatic carbocycles. The molecule has 106 valence electrons. The van der Waals surface area contributed by atoms with E-state index in [9.17, 15) is 9.59 Å². The molecule has 3 N–H and O–H groups in total. The third-order valence-corrected chi connectivity index (χ3v) is 3.01. The van der Waals surface area contributed by atoms with Crippen LogP contribution in [0.1, 0.15) is 25.0 Å². The van der Waals surface area contributed by atoms with Crippen LogP contribution in [0.25, 0.3) is 0 Å². The van der Waals surface area contributed by atoms with Gasteiger partial charge >= 0.3 is 12.0 Å². The van der Waals surface area contributed by atoms with Crippen molar-refractivity contribution < 1.29 is 14.7 Å². The molecule has 0 aliphatic rings. The Morgan fingerprint density at radius 2 is 2.10 bits per heavy atom. The van der Waals surface area contributed by atoms with Gasteiger partial charge < -0.3 is 15.7 Å². The van der Waals surface area contributed by atoms with E-state index < -0.39 is 24.0 Å². The topological polar surface area (TPSA) is 102 Å². The van der Waals surface area contributed by atoms with E-state index in [-0.39, 0.29) is 6.54 Å². The number of hydrogen-bond donors (Lipinski definition) is 3. The average Bonchev–Trinajstić information content (AvgIpc) is 2.44. The van der Waals surface area contributed by atoms with Gasteiger partial charge in [0, 0.05) is 12.6 Å². The molecule has 0 aliphatic carbocycles. The first kappa shape index (κ1) is 15.5. The highest BCUT2D eigenvalue weighted by Crippen LogP contribution is 2.04. The first-order valence-electron chi connectivity index (χ1n) is 6.20. The quantitative estimate of drug-likeness (QED) is 0.757. The van der Waals surface area contributed by atoms with Crippen molar-refractivity contribution in [3.63, 3.8) is 0 Å². The number of nitrogens with zero attached hydrogens (tertiary/aromatic N) is 1. The van der Waals surface area contributed by atoms with E-state index in [2.05, 4.69) is 10.6 Å². The Balaban J connectivity index is 2.47. The highest BCUT2D eigenvalue weighted by Gasteiger charge is 2.20. The minimum atomic E-state index is -0.959. The summed E-state index contributed by atoms with van der Waals surface area (Å²) in [6.07, 6.45) is 0. The van der Waals surface area contributed by atoms with E-state index in [1.807, 2.05) is 6.07 Å². The maximum absolute atomic E-state index is 11.6. The van der Waals surface area contributed by atoms with Gasteiger partial charge in [-0.15, -0.1) is 0 Å². The highest BCUT2D eigenvalue weighted by atomic mass is 16.4. The van der Waals surface area contributed by atoms with E-state index in [1.54, 1.807) is 31.2 Å². The number of carbonyl (C=O) groups is 2. The highest BCUT2D eigenvalue weighted by molar-refractivity contribution is 5.76. The Bertz CT molecular complexity index is 537. The second kappa shape index (κ2) is 7.14. The summed E-state index contributed by atoms with van der Waals surface area (Å²) in [5, 5.41) is 22.8. The molecular formula is C14H17N3O3. The number of aliphatic carboxylic acids is 1. The lowest BCUT2D eigenvalue weighted by Gasteiger charge is -2.18. The summed E-state index contributed by atoms with van der Waals surface area (Å²) >= 11 is 0. The Kier molecular flexibility index (Phi) is 5.54. The Morgan fingerprint density at radius 3 is 2.70 bits per heavy atom. The Hall–Kier alpha value is -2.55. The monoisotopic (exact) mass is 275 g/mol. The second-order valence-corrected chi connectivity index (χ2v) is 4.55. The van der Waals surface area contributed by atoms with Crippen molar-refractivity contribution in [2.75, 3.05) is 0 Å². The van der Waals surface area contributed by atoms with E-state index >= 15 is 0 Å². The molecule has 1 aromatic rings. The zero-order valence-corrected chi connectivity index (χ0v) is 11.4. The van der Waals surface area contributed by atoms with Crippen LogP contribution in [-0.4, -0.2) is 23.1 Å². The number of benzene rings is 1. The standard InChI is InChI=1S/C14H17N3O3/c1-9(13(18)19)10(2)17-14(20)16-8-12-5-3-4-11(6-12)7-15/h3-6,9-10H,8H2,1-2H3,(H,18,19)(H2,16,17,20). The lowest BCUT2D eigenvalue weighted by molar-refractivity contribution is -0.141. The van der Waals surface area contributed by atoms with Crippen molar-refractivity contribution in [1.29, 1.82) is 5.26 Å². The van der Waals surface area contributed by atoms with Gasteiger partial charge in [-0.25, -0.2) is 4.79 Å². The predicted molar refractivity (Wildman–Crippen MR) is 72.8 cm³/mol. The fraction of sp³-hybridized carbons (Fsp3) is 0.357. The molecule has 0 radical (unpaired) electrons. The maximum atomic E-state index is 11.6. The molecule has 0 saturated heterocycles. The van der Waals surface area contributed by atoms with Gasteiger partial charge in [0.25, 0.3) is 0 Å². The summed E-state index contributed by atoms with van der Waals surface area (Å²) in [4.78, 5) is 22.4. The Morgan fingerprint density at radius 1 is 1.40 bits per heavy atom. The molecule has 2 unspecified atom stereocenters. The lowest BCUT2D eigenvalue weighted by atomic mass is 10.0. The molecule has 0 bridgehead atoms. The van der Waals surface area contributed by atoms with Crippen LogP contribution in [0.2, 0.25) is 0 Å². The number of carbonyl (C=O) groups excluding carboxylic acids is 1. The van der Waals surface area contributed by atoms with E-state index in [1.165, 1.54) is 6.92 Å². The SMILES string of the molecule is CC(NC(=O)NCc1cccc(C#N)c1)C(C)C(=O)O. The van der Waals surface area contributed by atoms with Gasteiger partial charge in [-0.3, -0.25) is 4.79 Å². The van der Waals surface area contributed by atoms with Crippen LogP contribution in [0.4, 0.5) is 4.79 Å². The first-order chi connectivity index (χ1) is 9.43. The molecule has 2 amide bonds.